The predicted molar refractivity (Wildman–Crippen MR) is 79.5 cm³/mol. The highest BCUT2D eigenvalue weighted by Gasteiger charge is 2.27. The lowest BCUT2D eigenvalue weighted by molar-refractivity contribution is -0.124. The van der Waals surface area contributed by atoms with Crippen molar-refractivity contribution in [1.29, 1.82) is 0 Å². The third kappa shape index (κ3) is 4.63. The van der Waals surface area contributed by atoms with Gasteiger partial charge in [-0.1, -0.05) is 6.42 Å². The molecular weight excluding hydrogens is 270 g/mol. The van der Waals surface area contributed by atoms with Gasteiger partial charge in [0.1, 0.15) is 11.5 Å². The van der Waals surface area contributed by atoms with Crippen LogP contribution in [-0.4, -0.2) is 36.9 Å². The molecule has 1 aliphatic carbocycles. The van der Waals surface area contributed by atoms with Crippen molar-refractivity contribution in [3.05, 3.63) is 24.3 Å². The maximum absolute atomic E-state index is 11.9. The second-order valence-electron chi connectivity index (χ2n) is 5.24. The van der Waals surface area contributed by atoms with E-state index in [1.165, 1.54) is 0 Å². The van der Waals surface area contributed by atoms with Gasteiger partial charge in [0, 0.05) is 18.6 Å². The molecule has 2 N–H and O–H groups in total. The summed E-state index contributed by atoms with van der Waals surface area (Å²) < 4.78 is 10.8. The van der Waals surface area contributed by atoms with Gasteiger partial charge in [-0.2, -0.15) is 0 Å². The SMILES string of the molecule is CCOc1ccc(OCC(=O)NC2CCCC2CO)cc1. The number of carbonyl (C=O) groups excluding carboxylic acids is 1. The van der Waals surface area contributed by atoms with Gasteiger partial charge in [-0.05, 0) is 44.0 Å². The molecule has 1 aliphatic rings. The zero-order valence-corrected chi connectivity index (χ0v) is 12.4. The lowest BCUT2D eigenvalue weighted by atomic mass is 10.1. The molecular formula is C16H23NO4. The zero-order chi connectivity index (χ0) is 15.1. The Balaban J connectivity index is 1.75. The Labute approximate surface area is 125 Å². The van der Waals surface area contributed by atoms with Gasteiger partial charge in [0.15, 0.2) is 6.61 Å². The average molecular weight is 293 g/mol. The molecule has 1 amide bonds. The van der Waals surface area contributed by atoms with E-state index in [1.54, 1.807) is 12.1 Å². The smallest absolute Gasteiger partial charge is 0.258 e. The Morgan fingerprint density at radius 2 is 1.90 bits per heavy atom. The van der Waals surface area contributed by atoms with E-state index in [9.17, 15) is 9.90 Å². The summed E-state index contributed by atoms with van der Waals surface area (Å²) in [6, 6.07) is 7.27. The van der Waals surface area contributed by atoms with Crippen LogP contribution in [0.4, 0.5) is 0 Å². The number of aliphatic hydroxyl groups is 1. The molecule has 0 spiro atoms. The molecule has 0 aliphatic heterocycles. The van der Waals surface area contributed by atoms with E-state index in [1.807, 2.05) is 19.1 Å². The Hall–Kier alpha value is -1.75. The van der Waals surface area contributed by atoms with Crippen LogP contribution in [0.2, 0.25) is 0 Å². The van der Waals surface area contributed by atoms with Gasteiger partial charge in [0.2, 0.25) is 0 Å². The fourth-order valence-electron chi connectivity index (χ4n) is 2.64. The van der Waals surface area contributed by atoms with Crippen LogP contribution >= 0.6 is 0 Å². The molecule has 2 atom stereocenters. The van der Waals surface area contributed by atoms with Crippen LogP contribution in [0, 0.1) is 5.92 Å². The first kappa shape index (κ1) is 15.6. The van der Waals surface area contributed by atoms with Crippen LogP contribution < -0.4 is 14.8 Å². The standard InChI is InChI=1S/C16H23NO4/c1-2-20-13-6-8-14(9-7-13)21-11-16(19)17-15-5-3-4-12(15)10-18/h6-9,12,15,18H,2-5,10-11H2,1H3,(H,17,19). The lowest BCUT2D eigenvalue weighted by Crippen LogP contribution is -2.40. The van der Waals surface area contributed by atoms with E-state index in [0.717, 1.165) is 25.0 Å². The van der Waals surface area contributed by atoms with Gasteiger partial charge in [-0.15, -0.1) is 0 Å². The van der Waals surface area contributed by atoms with Crippen LogP contribution in [0.3, 0.4) is 0 Å². The maximum atomic E-state index is 11.9. The summed E-state index contributed by atoms with van der Waals surface area (Å²) >= 11 is 0. The summed E-state index contributed by atoms with van der Waals surface area (Å²) in [6.07, 6.45) is 2.96. The highest BCUT2D eigenvalue weighted by molar-refractivity contribution is 5.77. The normalized spacial score (nSPS) is 21.0. The molecule has 0 bridgehead atoms. The average Bonchev–Trinajstić information content (AvgIpc) is 2.94. The monoisotopic (exact) mass is 293 g/mol. The molecule has 5 heteroatoms. The van der Waals surface area contributed by atoms with Crippen LogP contribution in [0.15, 0.2) is 24.3 Å². The molecule has 0 aromatic heterocycles. The molecule has 1 fully saturated rings. The van der Waals surface area contributed by atoms with Gasteiger partial charge >= 0.3 is 0 Å². The largest absolute Gasteiger partial charge is 0.494 e. The predicted octanol–water partition coefficient (Wildman–Crippen LogP) is 1.74. The second-order valence-corrected chi connectivity index (χ2v) is 5.24. The number of amides is 1. The van der Waals surface area contributed by atoms with Gasteiger partial charge in [-0.25, -0.2) is 0 Å². The first-order valence-corrected chi connectivity index (χ1v) is 7.48. The zero-order valence-electron chi connectivity index (χ0n) is 12.4. The molecule has 2 rings (SSSR count). The van der Waals surface area contributed by atoms with Crippen molar-refractivity contribution in [2.75, 3.05) is 19.8 Å². The Kier molecular flexibility index (Phi) is 5.87. The van der Waals surface area contributed by atoms with Crippen molar-refractivity contribution in [2.45, 2.75) is 32.2 Å². The van der Waals surface area contributed by atoms with Gasteiger partial charge in [-0.3, -0.25) is 4.79 Å². The number of ether oxygens (including phenoxy) is 2. The van der Waals surface area contributed by atoms with Gasteiger partial charge in [0.05, 0.1) is 6.61 Å². The number of benzene rings is 1. The van der Waals surface area contributed by atoms with E-state index in [0.29, 0.717) is 12.4 Å². The van der Waals surface area contributed by atoms with Crippen molar-refractivity contribution in [2.24, 2.45) is 5.92 Å². The number of hydrogen-bond donors (Lipinski definition) is 2. The maximum Gasteiger partial charge on any atom is 0.258 e. The van der Waals surface area contributed by atoms with Crippen molar-refractivity contribution in [3.8, 4) is 11.5 Å². The third-order valence-electron chi connectivity index (χ3n) is 3.74. The number of rotatable bonds is 7. The highest BCUT2D eigenvalue weighted by atomic mass is 16.5. The molecule has 1 saturated carbocycles. The van der Waals surface area contributed by atoms with Gasteiger partial charge in [0.25, 0.3) is 5.91 Å². The summed E-state index contributed by atoms with van der Waals surface area (Å²) in [7, 11) is 0. The fourth-order valence-corrected chi connectivity index (χ4v) is 2.64. The highest BCUT2D eigenvalue weighted by Crippen LogP contribution is 2.25. The molecule has 2 unspecified atom stereocenters. The van der Waals surface area contributed by atoms with E-state index in [4.69, 9.17) is 9.47 Å². The van der Waals surface area contributed by atoms with E-state index in [2.05, 4.69) is 5.32 Å². The first-order chi connectivity index (χ1) is 10.2. The van der Waals surface area contributed by atoms with E-state index in [-0.39, 0.29) is 31.1 Å². The molecule has 1 aromatic rings. The molecule has 0 saturated heterocycles. The topological polar surface area (TPSA) is 67.8 Å². The third-order valence-corrected chi connectivity index (χ3v) is 3.74. The summed E-state index contributed by atoms with van der Waals surface area (Å²) in [5.74, 6) is 1.46. The summed E-state index contributed by atoms with van der Waals surface area (Å²) in [4.78, 5) is 11.9. The number of carbonyl (C=O) groups is 1. The van der Waals surface area contributed by atoms with Crippen LogP contribution in [0.5, 0.6) is 11.5 Å². The molecule has 1 aromatic carbocycles. The van der Waals surface area contributed by atoms with Crippen molar-refractivity contribution < 1.29 is 19.4 Å². The Morgan fingerprint density at radius 1 is 1.24 bits per heavy atom. The number of nitrogens with one attached hydrogen (secondary N) is 1. The Morgan fingerprint density at radius 3 is 2.52 bits per heavy atom. The minimum Gasteiger partial charge on any atom is -0.494 e. The first-order valence-electron chi connectivity index (χ1n) is 7.48. The minimum absolute atomic E-state index is 0.0113. The summed E-state index contributed by atoms with van der Waals surface area (Å²) in [5.41, 5.74) is 0. The van der Waals surface area contributed by atoms with Crippen LogP contribution in [0.1, 0.15) is 26.2 Å². The summed E-state index contributed by atoms with van der Waals surface area (Å²) in [5, 5.41) is 12.2. The molecule has 5 nitrogen and oxygen atoms in total. The van der Waals surface area contributed by atoms with Gasteiger partial charge < -0.3 is 19.9 Å². The van der Waals surface area contributed by atoms with Crippen molar-refractivity contribution in [3.63, 3.8) is 0 Å². The fraction of sp³-hybridized carbons (Fsp3) is 0.562. The second kappa shape index (κ2) is 7.88. The quantitative estimate of drug-likeness (QED) is 0.803. The minimum atomic E-state index is -0.144. The van der Waals surface area contributed by atoms with E-state index < -0.39 is 0 Å². The molecule has 21 heavy (non-hydrogen) atoms. The number of aliphatic hydroxyl groups excluding tert-OH is 1. The lowest BCUT2D eigenvalue weighted by Gasteiger charge is -2.19. The molecule has 116 valence electrons. The van der Waals surface area contributed by atoms with Crippen molar-refractivity contribution >= 4 is 5.91 Å². The molecule has 0 radical (unpaired) electrons. The van der Waals surface area contributed by atoms with Crippen LogP contribution in [0.25, 0.3) is 0 Å². The van der Waals surface area contributed by atoms with Crippen LogP contribution in [-0.2, 0) is 4.79 Å². The number of hydrogen-bond acceptors (Lipinski definition) is 4. The molecule has 0 heterocycles. The van der Waals surface area contributed by atoms with E-state index >= 15 is 0 Å². The van der Waals surface area contributed by atoms with Crippen molar-refractivity contribution in [1.82, 2.24) is 5.32 Å². The summed E-state index contributed by atoms with van der Waals surface area (Å²) in [6.45, 7) is 2.67. The Bertz CT molecular complexity index is 446.